The van der Waals surface area contributed by atoms with Crippen molar-refractivity contribution >= 4 is 0 Å². The summed E-state index contributed by atoms with van der Waals surface area (Å²) in [5.41, 5.74) is 0.191. The molecule has 0 bridgehead atoms. The van der Waals surface area contributed by atoms with Gasteiger partial charge in [0.05, 0.1) is 19.8 Å². The lowest BCUT2D eigenvalue weighted by Crippen LogP contribution is -2.29. The van der Waals surface area contributed by atoms with Gasteiger partial charge < -0.3 is 15.3 Å². The van der Waals surface area contributed by atoms with E-state index in [1.807, 2.05) is 12.2 Å². The third-order valence-corrected chi connectivity index (χ3v) is 2.16. The summed E-state index contributed by atoms with van der Waals surface area (Å²) < 4.78 is 0. The van der Waals surface area contributed by atoms with Crippen LogP contribution in [0.15, 0.2) is 23.8 Å². The zero-order valence-electron chi connectivity index (χ0n) is 6.90. The Bertz CT molecular complexity index is 202. The first kappa shape index (κ1) is 9.45. The summed E-state index contributed by atoms with van der Waals surface area (Å²) in [5.74, 6) is 0. The van der Waals surface area contributed by atoms with Crippen LogP contribution in [0, 0.1) is 5.41 Å². The van der Waals surface area contributed by atoms with Gasteiger partial charge in [0.2, 0.25) is 0 Å². The van der Waals surface area contributed by atoms with Gasteiger partial charge >= 0.3 is 0 Å². The van der Waals surface area contributed by atoms with E-state index in [2.05, 4.69) is 0 Å². The number of aliphatic hydroxyl groups excluding tert-OH is 3. The van der Waals surface area contributed by atoms with E-state index in [-0.39, 0.29) is 19.8 Å². The highest BCUT2D eigenvalue weighted by Crippen LogP contribution is 2.28. The Morgan fingerprint density at radius 2 is 1.92 bits per heavy atom. The number of aliphatic hydroxyl groups is 3. The first-order valence-corrected chi connectivity index (χ1v) is 3.97. The molecule has 0 aliphatic heterocycles. The summed E-state index contributed by atoms with van der Waals surface area (Å²) in [7, 11) is 0. The van der Waals surface area contributed by atoms with Crippen LogP contribution in [0.5, 0.6) is 0 Å². The van der Waals surface area contributed by atoms with Crippen molar-refractivity contribution in [1.82, 2.24) is 0 Å². The lowest BCUT2D eigenvalue weighted by molar-refractivity contribution is 0.0936. The van der Waals surface area contributed by atoms with Gasteiger partial charge in [-0.05, 0) is 12.0 Å². The molecular weight excluding hydrogens is 156 g/mol. The molecule has 0 heterocycles. The summed E-state index contributed by atoms with van der Waals surface area (Å²) in [6, 6.07) is 0. The summed E-state index contributed by atoms with van der Waals surface area (Å²) in [5, 5.41) is 26.9. The molecule has 1 rings (SSSR count). The van der Waals surface area contributed by atoms with Gasteiger partial charge in [-0.15, -0.1) is 0 Å². The van der Waals surface area contributed by atoms with E-state index in [1.165, 1.54) is 0 Å². The van der Waals surface area contributed by atoms with Crippen molar-refractivity contribution in [3.63, 3.8) is 0 Å². The van der Waals surface area contributed by atoms with Crippen molar-refractivity contribution in [2.45, 2.75) is 6.42 Å². The molecule has 0 atom stereocenters. The third kappa shape index (κ3) is 1.75. The van der Waals surface area contributed by atoms with Gasteiger partial charge in [-0.2, -0.15) is 0 Å². The smallest absolute Gasteiger partial charge is 0.0678 e. The molecule has 1 aliphatic rings. The van der Waals surface area contributed by atoms with Crippen molar-refractivity contribution in [2.24, 2.45) is 5.41 Å². The fraction of sp³-hybridized carbons (Fsp3) is 0.556. The van der Waals surface area contributed by atoms with Gasteiger partial charge in [0, 0.05) is 5.41 Å². The predicted molar refractivity (Wildman–Crippen MR) is 45.5 cm³/mol. The van der Waals surface area contributed by atoms with Crippen molar-refractivity contribution in [3.8, 4) is 0 Å². The molecule has 0 spiro atoms. The Morgan fingerprint density at radius 1 is 1.25 bits per heavy atom. The maximum atomic E-state index is 9.03. The zero-order valence-corrected chi connectivity index (χ0v) is 6.90. The highest BCUT2D eigenvalue weighted by molar-refractivity contribution is 5.27. The van der Waals surface area contributed by atoms with Gasteiger partial charge in [0.25, 0.3) is 0 Å². The standard InChI is InChI=1S/C9H14O3/c10-5-8-2-1-3-9(4-8,6-11)7-12/h1-2,4,10-12H,3,5-7H2. The molecule has 3 heteroatoms. The summed E-state index contributed by atoms with van der Waals surface area (Å²) >= 11 is 0. The quantitative estimate of drug-likeness (QED) is 0.551. The Labute approximate surface area is 71.7 Å². The molecule has 0 fully saturated rings. The number of rotatable bonds is 3. The van der Waals surface area contributed by atoms with Crippen LogP contribution in [0.4, 0.5) is 0 Å². The molecule has 0 amide bonds. The minimum absolute atomic E-state index is 0.0434. The number of hydrogen-bond acceptors (Lipinski definition) is 3. The minimum atomic E-state index is -0.563. The highest BCUT2D eigenvalue weighted by Gasteiger charge is 2.26. The molecular formula is C9H14O3. The zero-order chi connectivity index (χ0) is 9.03. The molecule has 0 saturated carbocycles. The van der Waals surface area contributed by atoms with Gasteiger partial charge in [-0.3, -0.25) is 0 Å². The first-order valence-electron chi connectivity index (χ1n) is 3.97. The molecule has 0 saturated heterocycles. The average molecular weight is 170 g/mol. The molecule has 12 heavy (non-hydrogen) atoms. The molecule has 3 nitrogen and oxygen atoms in total. The largest absolute Gasteiger partial charge is 0.395 e. The van der Waals surface area contributed by atoms with Crippen molar-refractivity contribution in [2.75, 3.05) is 19.8 Å². The van der Waals surface area contributed by atoms with E-state index in [4.69, 9.17) is 15.3 Å². The predicted octanol–water partition coefficient (Wildman–Crippen LogP) is -0.164. The molecule has 68 valence electrons. The first-order chi connectivity index (χ1) is 5.76. The lowest BCUT2D eigenvalue weighted by Gasteiger charge is -2.28. The van der Waals surface area contributed by atoms with Gasteiger partial charge in [-0.25, -0.2) is 0 Å². The molecule has 0 aromatic carbocycles. The Morgan fingerprint density at radius 3 is 2.42 bits per heavy atom. The highest BCUT2D eigenvalue weighted by atomic mass is 16.3. The second-order valence-corrected chi connectivity index (χ2v) is 3.16. The van der Waals surface area contributed by atoms with Crippen LogP contribution in [0.2, 0.25) is 0 Å². The molecule has 0 unspecified atom stereocenters. The van der Waals surface area contributed by atoms with E-state index < -0.39 is 5.41 Å². The van der Waals surface area contributed by atoms with Crippen molar-refractivity contribution in [1.29, 1.82) is 0 Å². The SMILES string of the molecule is OCC1=CC(CO)(CO)CC=C1. The normalized spacial score (nSPS) is 20.8. The second-order valence-electron chi connectivity index (χ2n) is 3.16. The Balaban J connectivity index is 2.80. The van der Waals surface area contributed by atoms with Gasteiger partial charge in [-0.1, -0.05) is 18.2 Å². The molecule has 0 radical (unpaired) electrons. The van der Waals surface area contributed by atoms with Crippen LogP contribution in [-0.2, 0) is 0 Å². The molecule has 3 N–H and O–H groups in total. The number of allylic oxidation sites excluding steroid dienone is 1. The summed E-state index contributed by atoms with van der Waals surface area (Å²) in [6.45, 7) is -0.215. The van der Waals surface area contributed by atoms with Crippen LogP contribution in [0.3, 0.4) is 0 Å². The molecule has 0 aromatic heterocycles. The summed E-state index contributed by atoms with van der Waals surface area (Å²) in [4.78, 5) is 0. The minimum Gasteiger partial charge on any atom is -0.395 e. The van der Waals surface area contributed by atoms with E-state index in [0.717, 1.165) is 5.57 Å². The fourth-order valence-electron chi connectivity index (χ4n) is 1.31. The van der Waals surface area contributed by atoms with E-state index in [0.29, 0.717) is 6.42 Å². The number of hydrogen-bond donors (Lipinski definition) is 3. The van der Waals surface area contributed by atoms with Gasteiger partial charge in [0.1, 0.15) is 0 Å². The average Bonchev–Trinajstić information content (AvgIpc) is 2.18. The van der Waals surface area contributed by atoms with Crippen LogP contribution in [0.1, 0.15) is 6.42 Å². The van der Waals surface area contributed by atoms with Crippen LogP contribution < -0.4 is 0 Å². The lowest BCUT2D eigenvalue weighted by atomic mass is 9.81. The molecule has 0 aromatic rings. The van der Waals surface area contributed by atoms with Crippen molar-refractivity contribution in [3.05, 3.63) is 23.8 Å². The maximum absolute atomic E-state index is 9.03. The van der Waals surface area contributed by atoms with E-state index in [9.17, 15) is 0 Å². The third-order valence-electron chi connectivity index (χ3n) is 2.16. The Hall–Kier alpha value is -0.640. The maximum Gasteiger partial charge on any atom is 0.0678 e. The van der Waals surface area contributed by atoms with E-state index >= 15 is 0 Å². The second kappa shape index (κ2) is 3.85. The molecule has 1 aliphatic carbocycles. The van der Waals surface area contributed by atoms with Crippen molar-refractivity contribution < 1.29 is 15.3 Å². The fourth-order valence-corrected chi connectivity index (χ4v) is 1.31. The Kier molecular flexibility index (Phi) is 3.03. The van der Waals surface area contributed by atoms with E-state index in [1.54, 1.807) is 6.08 Å². The van der Waals surface area contributed by atoms with Crippen LogP contribution >= 0.6 is 0 Å². The van der Waals surface area contributed by atoms with Crippen LogP contribution in [-0.4, -0.2) is 35.1 Å². The monoisotopic (exact) mass is 170 g/mol. The van der Waals surface area contributed by atoms with Crippen LogP contribution in [0.25, 0.3) is 0 Å². The summed E-state index contributed by atoms with van der Waals surface area (Å²) in [6.07, 6.45) is 6.04. The topological polar surface area (TPSA) is 60.7 Å². The van der Waals surface area contributed by atoms with Gasteiger partial charge in [0.15, 0.2) is 0 Å².